The highest BCUT2D eigenvalue weighted by molar-refractivity contribution is 7.08. The van der Waals surface area contributed by atoms with Crippen LogP contribution in [0.2, 0.25) is 0 Å². The van der Waals surface area contributed by atoms with Crippen molar-refractivity contribution >= 4 is 11.3 Å². The summed E-state index contributed by atoms with van der Waals surface area (Å²) in [6.45, 7) is 6.99. The fraction of sp³-hybridized carbons (Fsp3) is 0.375. The van der Waals surface area contributed by atoms with E-state index in [0.717, 1.165) is 5.75 Å². The Hall–Kier alpha value is -1.32. The fourth-order valence-electron chi connectivity index (χ4n) is 2.33. The highest BCUT2D eigenvalue weighted by atomic mass is 32.1. The van der Waals surface area contributed by atoms with Crippen LogP contribution in [0.4, 0.5) is 0 Å². The van der Waals surface area contributed by atoms with Gasteiger partial charge in [-0.3, -0.25) is 0 Å². The quantitative estimate of drug-likeness (QED) is 0.888. The number of hydrogen-bond donors (Lipinski definition) is 1. The Kier molecular flexibility index (Phi) is 4.61. The van der Waals surface area contributed by atoms with Gasteiger partial charge >= 0.3 is 0 Å². The monoisotopic (exact) mass is 275 g/mol. The van der Waals surface area contributed by atoms with Crippen LogP contribution in [0.25, 0.3) is 0 Å². The van der Waals surface area contributed by atoms with Crippen LogP contribution < -0.4 is 10.1 Å². The number of aryl methyl sites for hydroxylation is 2. The Labute approximate surface area is 119 Å². The first kappa shape index (κ1) is 14.1. The lowest BCUT2D eigenvalue weighted by molar-refractivity contribution is 0.334. The average molecular weight is 275 g/mol. The van der Waals surface area contributed by atoms with Crippen LogP contribution in [0, 0.1) is 13.8 Å². The molecule has 0 spiro atoms. The molecule has 2 nitrogen and oxygen atoms in total. The van der Waals surface area contributed by atoms with Crippen molar-refractivity contribution in [3.05, 3.63) is 51.2 Å². The highest BCUT2D eigenvalue weighted by Crippen LogP contribution is 2.33. The van der Waals surface area contributed by atoms with Gasteiger partial charge in [-0.15, -0.1) is 0 Å². The van der Waals surface area contributed by atoms with E-state index in [4.69, 9.17) is 4.74 Å². The number of nitrogens with one attached hydrogen (secondary N) is 1. The molecule has 0 aliphatic rings. The molecule has 1 atom stereocenters. The van der Waals surface area contributed by atoms with Crippen molar-refractivity contribution in [2.24, 2.45) is 0 Å². The third-order valence-electron chi connectivity index (χ3n) is 3.27. The molecule has 2 rings (SSSR count). The predicted molar refractivity (Wildman–Crippen MR) is 82.3 cm³/mol. The second-order valence-electron chi connectivity index (χ2n) is 4.71. The Bertz CT molecular complexity index is 547. The van der Waals surface area contributed by atoms with Gasteiger partial charge in [0.2, 0.25) is 0 Å². The molecule has 0 saturated carbocycles. The summed E-state index contributed by atoms with van der Waals surface area (Å²) in [6.07, 6.45) is 0. The maximum Gasteiger partial charge on any atom is 0.124 e. The zero-order valence-corrected chi connectivity index (χ0v) is 12.8. The lowest BCUT2D eigenvalue weighted by Gasteiger charge is -2.21. The highest BCUT2D eigenvalue weighted by Gasteiger charge is 2.19. The van der Waals surface area contributed by atoms with Crippen LogP contribution in [0.1, 0.15) is 35.2 Å². The van der Waals surface area contributed by atoms with E-state index in [9.17, 15) is 0 Å². The normalized spacial score (nSPS) is 12.4. The van der Waals surface area contributed by atoms with Crippen molar-refractivity contribution in [2.45, 2.75) is 26.8 Å². The maximum absolute atomic E-state index is 5.78. The molecule has 1 unspecified atom stereocenters. The molecule has 2 aromatic rings. The first-order chi connectivity index (χ1) is 9.17. The number of benzene rings is 1. The molecule has 19 heavy (non-hydrogen) atoms. The minimum Gasteiger partial charge on any atom is -0.494 e. The summed E-state index contributed by atoms with van der Waals surface area (Å²) in [5.41, 5.74) is 5.13. The fourth-order valence-corrected chi connectivity index (χ4v) is 3.20. The second kappa shape index (κ2) is 6.22. The van der Waals surface area contributed by atoms with E-state index in [1.807, 2.05) is 14.0 Å². The van der Waals surface area contributed by atoms with Crippen molar-refractivity contribution in [1.82, 2.24) is 5.32 Å². The zero-order valence-electron chi connectivity index (χ0n) is 12.0. The molecule has 0 fully saturated rings. The lowest BCUT2D eigenvalue weighted by atomic mass is 9.96. The van der Waals surface area contributed by atoms with Gasteiger partial charge in [-0.1, -0.05) is 17.7 Å². The molecule has 0 saturated heterocycles. The predicted octanol–water partition coefficient (Wildman–Crippen LogP) is 4.07. The number of hydrogen-bond acceptors (Lipinski definition) is 3. The summed E-state index contributed by atoms with van der Waals surface area (Å²) in [5.74, 6) is 0.970. The van der Waals surface area contributed by atoms with E-state index in [1.165, 1.54) is 22.3 Å². The molecule has 1 aromatic heterocycles. The van der Waals surface area contributed by atoms with Gasteiger partial charge in [-0.2, -0.15) is 11.3 Å². The summed E-state index contributed by atoms with van der Waals surface area (Å²) >= 11 is 1.75. The molecule has 1 heterocycles. The van der Waals surface area contributed by atoms with Crippen LogP contribution in [-0.2, 0) is 0 Å². The van der Waals surface area contributed by atoms with Gasteiger partial charge in [0.25, 0.3) is 0 Å². The molecule has 0 amide bonds. The van der Waals surface area contributed by atoms with Crippen LogP contribution in [0.5, 0.6) is 5.75 Å². The van der Waals surface area contributed by atoms with Crippen molar-refractivity contribution < 1.29 is 4.74 Å². The smallest absolute Gasteiger partial charge is 0.124 e. The van der Waals surface area contributed by atoms with E-state index in [1.54, 1.807) is 11.3 Å². The molecular weight excluding hydrogens is 254 g/mol. The van der Waals surface area contributed by atoms with Crippen LogP contribution in [0.15, 0.2) is 29.0 Å². The minimum absolute atomic E-state index is 0.188. The lowest BCUT2D eigenvalue weighted by Crippen LogP contribution is -2.19. The molecule has 0 aliphatic carbocycles. The van der Waals surface area contributed by atoms with Gasteiger partial charge in [0, 0.05) is 5.56 Å². The van der Waals surface area contributed by atoms with Gasteiger partial charge in [0.1, 0.15) is 5.75 Å². The summed E-state index contributed by atoms with van der Waals surface area (Å²) in [7, 11) is 2.00. The van der Waals surface area contributed by atoms with Crippen molar-refractivity contribution in [2.75, 3.05) is 13.7 Å². The summed E-state index contributed by atoms with van der Waals surface area (Å²) in [4.78, 5) is 0. The van der Waals surface area contributed by atoms with Gasteiger partial charge in [-0.25, -0.2) is 0 Å². The summed E-state index contributed by atoms with van der Waals surface area (Å²) in [5, 5.41) is 7.82. The van der Waals surface area contributed by atoms with Crippen molar-refractivity contribution in [3.63, 3.8) is 0 Å². The van der Waals surface area contributed by atoms with E-state index in [0.29, 0.717) is 6.61 Å². The number of thiophene rings is 1. The van der Waals surface area contributed by atoms with Crippen molar-refractivity contribution in [1.29, 1.82) is 0 Å². The van der Waals surface area contributed by atoms with Crippen molar-refractivity contribution in [3.8, 4) is 5.75 Å². The molecule has 1 aromatic carbocycles. The van der Waals surface area contributed by atoms with Crippen LogP contribution >= 0.6 is 11.3 Å². The van der Waals surface area contributed by atoms with Crippen LogP contribution in [-0.4, -0.2) is 13.7 Å². The zero-order chi connectivity index (χ0) is 13.8. The van der Waals surface area contributed by atoms with Gasteiger partial charge in [0.15, 0.2) is 0 Å². The summed E-state index contributed by atoms with van der Waals surface area (Å²) in [6, 6.07) is 6.57. The Morgan fingerprint density at radius 3 is 2.58 bits per heavy atom. The van der Waals surface area contributed by atoms with Gasteiger partial charge < -0.3 is 10.1 Å². The third kappa shape index (κ3) is 2.99. The standard InChI is InChI=1S/C16H21NOS/c1-5-18-15-7-6-11(2)8-13(15)16(17-4)14-10-19-9-12(14)3/h6-10,16-17H,5H2,1-4H3. The average Bonchev–Trinajstić information content (AvgIpc) is 2.80. The molecule has 0 aliphatic heterocycles. The largest absolute Gasteiger partial charge is 0.494 e. The summed E-state index contributed by atoms with van der Waals surface area (Å²) < 4.78 is 5.78. The molecule has 0 radical (unpaired) electrons. The van der Waals surface area contributed by atoms with E-state index in [2.05, 4.69) is 48.1 Å². The number of rotatable bonds is 5. The first-order valence-electron chi connectivity index (χ1n) is 6.60. The number of ether oxygens (including phenoxy) is 1. The SMILES string of the molecule is CCOc1ccc(C)cc1C(NC)c1cscc1C. The third-order valence-corrected chi connectivity index (χ3v) is 4.15. The topological polar surface area (TPSA) is 21.3 Å². The van der Waals surface area contributed by atoms with E-state index in [-0.39, 0.29) is 6.04 Å². The maximum atomic E-state index is 5.78. The molecule has 3 heteroatoms. The second-order valence-corrected chi connectivity index (χ2v) is 5.45. The van der Waals surface area contributed by atoms with Gasteiger partial charge in [0.05, 0.1) is 12.6 Å². The Morgan fingerprint density at radius 1 is 1.21 bits per heavy atom. The van der Waals surface area contributed by atoms with Gasteiger partial charge in [-0.05, 0) is 55.8 Å². The first-order valence-corrected chi connectivity index (χ1v) is 7.55. The van der Waals surface area contributed by atoms with E-state index >= 15 is 0 Å². The Morgan fingerprint density at radius 2 is 2.00 bits per heavy atom. The minimum atomic E-state index is 0.188. The van der Waals surface area contributed by atoms with Crippen LogP contribution in [0.3, 0.4) is 0 Å². The van der Waals surface area contributed by atoms with E-state index < -0.39 is 0 Å². The molecule has 0 bridgehead atoms. The Balaban J connectivity index is 2.48. The molecule has 102 valence electrons. The molecule has 1 N–H and O–H groups in total. The molecular formula is C16H21NOS.